The van der Waals surface area contributed by atoms with Crippen LogP contribution in [0.5, 0.6) is 0 Å². The Balaban J connectivity index is 1.23. The van der Waals surface area contributed by atoms with Crippen LogP contribution in [0.1, 0.15) is 0 Å². The summed E-state index contributed by atoms with van der Waals surface area (Å²) in [5.41, 5.74) is 10.3. The summed E-state index contributed by atoms with van der Waals surface area (Å²) in [6.45, 7) is 7.33. The molecule has 0 aliphatic rings. The normalized spacial score (nSPS) is 11.1. The predicted molar refractivity (Wildman–Crippen MR) is 182 cm³/mol. The standard InChI is InChI=1S/C40H25N5/c1-41-31-21-19-30(20-22-31)40-43-36(29-17-15-28(16-18-29)27-9-3-2-4-10-27)25-37(44-40)35-24-23-32(26-42-35)45-38-13-7-5-11-33(38)34-12-6-8-14-39(34)45/h2-26H. The summed E-state index contributed by atoms with van der Waals surface area (Å²) in [4.78, 5) is 18.4. The van der Waals surface area contributed by atoms with Crippen LogP contribution in [0.2, 0.25) is 0 Å². The molecule has 0 saturated carbocycles. The van der Waals surface area contributed by atoms with E-state index in [2.05, 4.69) is 100 Å². The minimum absolute atomic E-state index is 0.578. The monoisotopic (exact) mass is 575 g/mol. The van der Waals surface area contributed by atoms with Gasteiger partial charge >= 0.3 is 0 Å². The van der Waals surface area contributed by atoms with Crippen LogP contribution in [0.15, 0.2) is 152 Å². The molecule has 3 heterocycles. The molecule has 0 fully saturated rings. The second kappa shape index (κ2) is 11.0. The van der Waals surface area contributed by atoms with Crippen molar-refractivity contribution in [1.82, 2.24) is 19.5 Å². The lowest BCUT2D eigenvalue weighted by Gasteiger charge is -2.11. The van der Waals surface area contributed by atoms with E-state index in [1.165, 1.54) is 16.3 Å². The maximum absolute atomic E-state index is 7.33. The zero-order valence-electron chi connectivity index (χ0n) is 24.2. The van der Waals surface area contributed by atoms with Crippen molar-refractivity contribution in [2.75, 3.05) is 0 Å². The van der Waals surface area contributed by atoms with Crippen molar-refractivity contribution >= 4 is 27.5 Å². The van der Waals surface area contributed by atoms with E-state index in [1.807, 2.05) is 48.7 Å². The van der Waals surface area contributed by atoms with Crippen LogP contribution in [0.4, 0.5) is 5.69 Å². The molecule has 0 radical (unpaired) electrons. The number of nitrogens with zero attached hydrogens (tertiary/aromatic N) is 5. The molecule has 0 aliphatic heterocycles. The fourth-order valence-electron chi connectivity index (χ4n) is 5.88. The van der Waals surface area contributed by atoms with Gasteiger partial charge < -0.3 is 4.57 Å². The Morgan fingerprint density at radius 1 is 0.489 bits per heavy atom. The number of hydrogen-bond donors (Lipinski definition) is 0. The molecule has 0 N–H and O–H groups in total. The molecular weight excluding hydrogens is 550 g/mol. The molecule has 45 heavy (non-hydrogen) atoms. The molecule has 3 aromatic heterocycles. The van der Waals surface area contributed by atoms with Crippen molar-refractivity contribution in [2.24, 2.45) is 0 Å². The average molecular weight is 576 g/mol. The fourth-order valence-corrected chi connectivity index (χ4v) is 5.88. The predicted octanol–water partition coefficient (Wildman–Crippen LogP) is 10.2. The van der Waals surface area contributed by atoms with Crippen LogP contribution in [-0.2, 0) is 0 Å². The van der Waals surface area contributed by atoms with Gasteiger partial charge in [0.2, 0.25) is 0 Å². The zero-order chi connectivity index (χ0) is 30.2. The Morgan fingerprint density at radius 2 is 1.07 bits per heavy atom. The number of pyridine rings is 1. The SMILES string of the molecule is [C-]#[N+]c1ccc(-c2nc(-c3ccc(-c4ccccc4)cc3)cc(-c3ccc(-n4c5ccccc5c5ccccc54)cn3)n2)cc1. The number of benzene rings is 5. The summed E-state index contributed by atoms with van der Waals surface area (Å²) >= 11 is 0. The Morgan fingerprint density at radius 3 is 1.71 bits per heavy atom. The van der Waals surface area contributed by atoms with Crippen molar-refractivity contribution in [2.45, 2.75) is 0 Å². The van der Waals surface area contributed by atoms with Gasteiger partial charge in [-0.05, 0) is 41.5 Å². The summed E-state index contributed by atoms with van der Waals surface area (Å²) in [6, 6.07) is 49.2. The summed E-state index contributed by atoms with van der Waals surface area (Å²) in [6.07, 6.45) is 1.91. The fraction of sp³-hybridized carbons (Fsp3) is 0. The van der Waals surface area contributed by atoms with Gasteiger partial charge in [-0.3, -0.25) is 4.98 Å². The second-order valence-electron chi connectivity index (χ2n) is 10.8. The average Bonchev–Trinajstić information content (AvgIpc) is 3.46. The van der Waals surface area contributed by atoms with Crippen molar-refractivity contribution in [1.29, 1.82) is 0 Å². The quantitative estimate of drug-likeness (QED) is 0.192. The third kappa shape index (κ3) is 4.81. The summed E-state index contributed by atoms with van der Waals surface area (Å²) in [7, 11) is 0. The maximum atomic E-state index is 7.33. The first-order valence-corrected chi connectivity index (χ1v) is 14.7. The highest BCUT2D eigenvalue weighted by Crippen LogP contribution is 2.33. The van der Waals surface area contributed by atoms with Gasteiger partial charge in [0.1, 0.15) is 0 Å². The van der Waals surface area contributed by atoms with E-state index in [0.717, 1.165) is 50.5 Å². The minimum Gasteiger partial charge on any atom is -0.308 e. The van der Waals surface area contributed by atoms with Gasteiger partial charge in [-0.2, -0.15) is 0 Å². The molecule has 0 amide bonds. The Kier molecular flexibility index (Phi) is 6.44. The smallest absolute Gasteiger partial charge is 0.187 e. The third-order valence-electron chi connectivity index (χ3n) is 8.12. The number of para-hydroxylation sites is 2. The van der Waals surface area contributed by atoms with Crippen LogP contribution in [0.25, 0.3) is 77.5 Å². The van der Waals surface area contributed by atoms with Crippen molar-refractivity contribution in [3.8, 4) is 50.8 Å². The first-order valence-electron chi connectivity index (χ1n) is 14.7. The molecule has 5 aromatic carbocycles. The van der Waals surface area contributed by atoms with Crippen LogP contribution in [-0.4, -0.2) is 19.5 Å². The molecule has 8 rings (SSSR count). The molecule has 0 atom stereocenters. The van der Waals surface area contributed by atoms with E-state index in [1.54, 1.807) is 12.1 Å². The van der Waals surface area contributed by atoms with Gasteiger partial charge in [0, 0.05) is 21.9 Å². The van der Waals surface area contributed by atoms with Gasteiger partial charge in [0.25, 0.3) is 0 Å². The molecule has 0 spiro atoms. The number of rotatable bonds is 5. The summed E-state index contributed by atoms with van der Waals surface area (Å²) < 4.78 is 2.26. The van der Waals surface area contributed by atoms with Gasteiger partial charge in [-0.1, -0.05) is 115 Å². The first kappa shape index (κ1) is 26.3. The first-order chi connectivity index (χ1) is 22.2. The van der Waals surface area contributed by atoms with Crippen LogP contribution < -0.4 is 0 Å². The van der Waals surface area contributed by atoms with Crippen molar-refractivity contribution < 1.29 is 0 Å². The van der Waals surface area contributed by atoms with Crippen LogP contribution in [0.3, 0.4) is 0 Å². The molecule has 0 unspecified atom stereocenters. The van der Waals surface area contributed by atoms with E-state index in [0.29, 0.717) is 11.5 Å². The van der Waals surface area contributed by atoms with Gasteiger partial charge in [0.15, 0.2) is 11.5 Å². The van der Waals surface area contributed by atoms with E-state index in [9.17, 15) is 0 Å². The second-order valence-corrected chi connectivity index (χ2v) is 10.8. The minimum atomic E-state index is 0.578. The molecule has 8 aromatic rings. The maximum Gasteiger partial charge on any atom is 0.187 e. The molecular formula is C40H25N5. The molecule has 0 saturated heterocycles. The Bertz CT molecular complexity index is 2290. The topological polar surface area (TPSA) is 48.0 Å². The highest BCUT2D eigenvalue weighted by Gasteiger charge is 2.15. The van der Waals surface area contributed by atoms with Gasteiger partial charge in [-0.25, -0.2) is 14.8 Å². The van der Waals surface area contributed by atoms with E-state index < -0.39 is 0 Å². The lowest BCUT2D eigenvalue weighted by atomic mass is 10.0. The molecule has 0 bridgehead atoms. The highest BCUT2D eigenvalue weighted by molar-refractivity contribution is 6.09. The third-order valence-corrected chi connectivity index (χ3v) is 8.12. The lowest BCUT2D eigenvalue weighted by Crippen LogP contribution is -1.99. The molecule has 0 aliphatic carbocycles. The number of aromatic nitrogens is 4. The number of hydrogen-bond acceptors (Lipinski definition) is 3. The summed E-state index contributed by atoms with van der Waals surface area (Å²) in [5.74, 6) is 0.583. The molecule has 5 nitrogen and oxygen atoms in total. The Hall–Kier alpha value is -6.38. The van der Waals surface area contributed by atoms with E-state index >= 15 is 0 Å². The van der Waals surface area contributed by atoms with E-state index in [4.69, 9.17) is 21.5 Å². The number of fused-ring (bicyclic) bond motifs is 3. The lowest BCUT2D eigenvalue weighted by molar-refractivity contribution is 1.12. The largest absolute Gasteiger partial charge is 0.308 e. The van der Waals surface area contributed by atoms with Crippen LogP contribution in [0, 0.1) is 6.57 Å². The van der Waals surface area contributed by atoms with Crippen molar-refractivity contribution in [3.05, 3.63) is 163 Å². The zero-order valence-corrected chi connectivity index (χ0v) is 24.2. The molecule has 210 valence electrons. The Labute approximate surface area is 260 Å². The molecule has 5 heteroatoms. The van der Waals surface area contributed by atoms with E-state index in [-0.39, 0.29) is 0 Å². The highest BCUT2D eigenvalue weighted by atomic mass is 15.0. The summed E-state index contributed by atoms with van der Waals surface area (Å²) in [5, 5.41) is 2.43. The van der Waals surface area contributed by atoms with Gasteiger partial charge in [0.05, 0.1) is 46.6 Å². The van der Waals surface area contributed by atoms with Crippen LogP contribution >= 0.6 is 0 Å². The van der Waals surface area contributed by atoms with Gasteiger partial charge in [-0.15, -0.1) is 0 Å². The van der Waals surface area contributed by atoms with Crippen molar-refractivity contribution in [3.63, 3.8) is 0 Å².